The van der Waals surface area contributed by atoms with E-state index in [0.29, 0.717) is 6.04 Å². The molecule has 1 rings (SSSR count). The Morgan fingerprint density at radius 2 is 1.86 bits per heavy atom. The molecule has 1 fully saturated rings. The Hall–Kier alpha value is -0.810. The minimum atomic E-state index is -0.427. The second-order valence-corrected chi connectivity index (χ2v) is 7.13. The van der Waals surface area contributed by atoms with Gasteiger partial charge in [0.05, 0.1) is 0 Å². The van der Waals surface area contributed by atoms with Gasteiger partial charge in [-0.1, -0.05) is 13.8 Å². The topological polar surface area (TPSA) is 44.8 Å². The lowest BCUT2D eigenvalue weighted by atomic mass is 10.1. The summed E-state index contributed by atoms with van der Waals surface area (Å²) in [5.41, 5.74) is -0.427. The number of carbonyl (C=O) groups is 1. The summed E-state index contributed by atoms with van der Waals surface area (Å²) in [4.78, 5) is 16.5. The number of piperidine rings is 1. The van der Waals surface area contributed by atoms with Gasteiger partial charge in [-0.05, 0) is 59.7 Å². The van der Waals surface area contributed by atoms with E-state index in [0.717, 1.165) is 32.6 Å². The Kier molecular flexibility index (Phi) is 8.18. The molecule has 0 atom stereocenters. The van der Waals surface area contributed by atoms with Crippen LogP contribution in [0, 0.1) is 0 Å². The standard InChI is InChI=1S/C17H35N3O2/c1-6-11-20(16(21)22-17(3,4)5)14-10-18-15-8-12-19(7-2)13-9-15/h15,18H,6-14H2,1-5H3. The molecule has 22 heavy (non-hydrogen) atoms. The molecular weight excluding hydrogens is 278 g/mol. The van der Waals surface area contributed by atoms with Crippen LogP contribution in [0.4, 0.5) is 4.79 Å². The van der Waals surface area contributed by atoms with Gasteiger partial charge in [-0.25, -0.2) is 4.79 Å². The molecule has 5 nitrogen and oxygen atoms in total. The molecule has 0 aliphatic carbocycles. The van der Waals surface area contributed by atoms with E-state index in [1.165, 1.54) is 25.9 Å². The minimum absolute atomic E-state index is 0.197. The van der Waals surface area contributed by atoms with Gasteiger partial charge in [0.15, 0.2) is 0 Å². The normalized spacial score (nSPS) is 17.5. The summed E-state index contributed by atoms with van der Waals surface area (Å²) in [7, 11) is 0. The fraction of sp³-hybridized carbons (Fsp3) is 0.941. The Morgan fingerprint density at radius 1 is 1.23 bits per heavy atom. The van der Waals surface area contributed by atoms with Crippen LogP contribution in [0.1, 0.15) is 53.9 Å². The molecule has 1 N–H and O–H groups in total. The van der Waals surface area contributed by atoms with Crippen LogP contribution >= 0.6 is 0 Å². The highest BCUT2D eigenvalue weighted by Crippen LogP contribution is 2.11. The van der Waals surface area contributed by atoms with Crippen LogP contribution in [-0.2, 0) is 4.74 Å². The van der Waals surface area contributed by atoms with Crippen LogP contribution in [-0.4, -0.2) is 66.8 Å². The first kappa shape index (κ1) is 19.2. The molecule has 0 spiro atoms. The molecule has 1 aliphatic heterocycles. The number of hydrogen-bond acceptors (Lipinski definition) is 4. The first-order valence-corrected chi connectivity index (χ1v) is 8.79. The third kappa shape index (κ3) is 7.45. The van der Waals surface area contributed by atoms with Crippen molar-refractivity contribution in [2.24, 2.45) is 0 Å². The van der Waals surface area contributed by atoms with Crippen LogP contribution in [0.5, 0.6) is 0 Å². The quantitative estimate of drug-likeness (QED) is 0.785. The average Bonchev–Trinajstić information content (AvgIpc) is 2.45. The SMILES string of the molecule is CCCN(CCNC1CCN(CC)CC1)C(=O)OC(C)(C)C. The van der Waals surface area contributed by atoms with Crippen molar-refractivity contribution in [3.8, 4) is 0 Å². The van der Waals surface area contributed by atoms with Crippen molar-refractivity contribution in [1.82, 2.24) is 15.1 Å². The summed E-state index contributed by atoms with van der Waals surface area (Å²) in [6, 6.07) is 0.588. The first-order valence-electron chi connectivity index (χ1n) is 8.79. The molecule has 130 valence electrons. The molecule has 1 aliphatic rings. The molecule has 1 saturated heterocycles. The molecule has 5 heteroatoms. The number of likely N-dealkylation sites (tertiary alicyclic amines) is 1. The minimum Gasteiger partial charge on any atom is -0.444 e. The van der Waals surface area contributed by atoms with E-state index in [-0.39, 0.29) is 6.09 Å². The monoisotopic (exact) mass is 313 g/mol. The van der Waals surface area contributed by atoms with Crippen molar-refractivity contribution in [3.63, 3.8) is 0 Å². The maximum atomic E-state index is 12.2. The lowest BCUT2D eigenvalue weighted by Crippen LogP contribution is -2.46. The van der Waals surface area contributed by atoms with Gasteiger partial charge in [0.2, 0.25) is 0 Å². The van der Waals surface area contributed by atoms with Gasteiger partial charge >= 0.3 is 6.09 Å². The van der Waals surface area contributed by atoms with Crippen LogP contribution in [0.15, 0.2) is 0 Å². The van der Waals surface area contributed by atoms with Crippen molar-refractivity contribution < 1.29 is 9.53 Å². The van der Waals surface area contributed by atoms with Crippen molar-refractivity contribution in [2.45, 2.75) is 65.5 Å². The summed E-state index contributed by atoms with van der Waals surface area (Å²) < 4.78 is 5.48. The van der Waals surface area contributed by atoms with Gasteiger partial charge in [0.25, 0.3) is 0 Å². The maximum Gasteiger partial charge on any atom is 0.410 e. The number of amides is 1. The fourth-order valence-corrected chi connectivity index (χ4v) is 2.75. The molecule has 0 aromatic heterocycles. The number of nitrogens with one attached hydrogen (secondary N) is 1. The first-order chi connectivity index (χ1) is 10.4. The Bertz CT molecular complexity index is 320. The zero-order valence-electron chi connectivity index (χ0n) is 15.2. The summed E-state index contributed by atoms with van der Waals surface area (Å²) in [5, 5.41) is 3.60. The lowest BCUT2D eigenvalue weighted by Gasteiger charge is -2.32. The zero-order chi connectivity index (χ0) is 16.6. The maximum absolute atomic E-state index is 12.2. The van der Waals surface area contributed by atoms with Gasteiger partial charge in [-0.15, -0.1) is 0 Å². The van der Waals surface area contributed by atoms with Crippen LogP contribution in [0.25, 0.3) is 0 Å². The van der Waals surface area contributed by atoms with E-state index >= 15 is 0 Å². The van der Waals surface area contributed by atoms with E-state index in [1.807, 2.05) is 25.7 Å². The third-order valence-corrected chi connectivity index (χ3v) is 3.99. The molecule has 0 bridgehead atoms. The number of hydrogen-bond donors (Lipinski definition) is 1. The zero-order valence-corrected chi connectivity index (χ0v) is 15.2. The predicted octanol–water partition coefficient (Wildman–Crippen LogP) is 2.71. The Labute approximate surface area is 136 Å². The van der Waals surface area contributed by atoms with Crippen molar-refractivity contribution in [2.75, 3.05) is 39.3 Å². The van der Waals surface area contributed by atoms with E-state index in [1.54, 1.807) is 0 Å². The smallest absolute Gasteiger partial charge is 0.410 e. The highest BCUT2D eigenvalue weighted by atomic mass is 16.6. The van der Waals surface area contributed by atoms with Crippen molar-refractivity contribution in [1.29, 1.82) is 0 Å². The summed E-state index contributed by atoms with van der Waals surface area (Å²) in [5.74, 6) is 0. The number of rotatable bonds is 7. The molecule has 0 aromatic carbocycles. The Morgan fingerprint density at radius 3 is 2.36 bits per heavy atom. The van der Waals surface area contributed by atoms with Gasteiger partial charge in [-0.3, -0.25) is 0 Å². The number of carbonyl (C=O) groups excluding carboxylic acids is 1. The summed E-state index contributed by atoms with van der Waals surface area (Å²) >= 11 is 0. The molecule has 0 saturated carbocycles. The molecule has 0 radical (unpaired) electrons. The molecule has 0 aromatic rings. The largest absolute Gasteiger partial charge is 0.444 e. The highest BCUT2D eigenvalue weighted by Gasteiger charge is 2.22. The van der Waals surface area contributed by atoms with Crippen molar-refractivity contribution >= 4 is 6.09 Å². The summed E-state index contributed by atoms with van der Waals surface area (Å²) in [6.45, 7) is 15.9. The van der Waals surface area contributed by atoms with E-state index < -0.39 is 5.60 Å². The summed E-state index contributed by atoms with van der Waals surface area (Å²) in [6.07, 6.45) is 3.16. The number of nitrogens with zero attached hydrogens (tertiary/aromatic N) is 2. The Balaban J connectivity index is 2.31. The van der Waals surface area contributed by atoms with E-state index in [9.17, 15) is 4.79 Å². The second-order valence-electron chi connectivity index (χ2n) is 7.13. The number of ether oxygens (including phenoxy) is 1. The lowest BCUT2D eigenvalue weighted by molar-refractivity contribution is 0.0249. The van der Waals surface area contributed by atoms with Gasteiger partial charge in [0.1, 0.15) is 5.60 Å². The average molecular weight is 313 g/mol. The highest BCUT2D eigenvalue weighted by molar-refractivity contribution is 5.68. The van der Waals surface area contributed by atoms with Gasteiger partial charge in [0, 0.05) is 25.7 Å². The van der Waals surface area contributed by atoms with E-state index in [4.69, 9.17) is 4.74 Å². The molecule has 1 amide bonds. The van der Waals surface area contributed by atoms with Crippen LogP contribution < -0.4 is 5.32 Å². The van der Waals surface area contributed by atoms with E-state index in [2.05, 4.69) is 24.1 Å². The van der Waals surface area contributed by atoms with Gasteiger partial charge < -0.3 is 19.9 Å². The van der Waals surface area contributed by atoms with Crippen molar-refractivity contribution in [3.05, 3.63) is 0 Å². The second kappa shape index (κ2) is 9.36. The predicted molar refractivity (Wildman–Crippen MR) is 91.2 cm³/mol. The third-order valence-electron chi connectivity index (χ3n) is 3.99. The fourth-order valence-electron chi connectivity index (χ4n) is 2.75. The molecule has 0 unspecified atom stereocenters. The van der Waals surface area contributed by atoms with Gasteiger partial charge in [-0.2, -0.15) is 0 Å². The molecule has 1 heterocycles. The molecular formula is C17H35N3O2. The van der Waals surface area contributed by atoms with Crippen LogP contribution in [0.2, 0.25) is 0 Å². The van der Waals surface area contributed by atoms with Crippen LogP contribution in [0.3, 0.4) is 0 Å².